The number of H-pyrrole nitrogens is 1. The van der Waals surface area contributed by atoms with E-state index in [2.05, 4.69) is 25.7 Å². The molecule has 0 aliphatic heterocycles. The molecule has 8 heteroatoms. The van der Waals surface area contributed by atoms with E-state index in [4.69, 9.17) is 0 Å². The van der Waals surface area contributed by atoms with Crippen LogP contribution in [0.5, 0.6) is 0 Å². The molecule has 1 atom stereocenters. The third-order valence-corrected chi connectivity index (χ3v) is 5.80. The average molecular weight is 372 g/mol. The largest absolute Gasteiger partial charge is 0.392 e. The molecule has 0 saturated heterocycles. The number of aromatic nitrogens is 3. The lowest BCUT2D eigenvalue weighted by molar-refractivity contribution is 0.198. The summed E-state index contributed by atoms with van der Waals surface area (Å²) in [4.78, 5) is 11.9. The Balaban J connectivity index is 1.66. The van der Waals surface area contributed by atoms with E-state index in [1.54, 1.807) is 18.5 Å². The summed E-state index contributed by atoms with van der Waals surface area (Å²) in [5.41, 5.74) is 3.83. The van der Waals surface area contributed by atoms with Crippen molar-refractivity contribution >= 4 is 21.1 Å². The number of sulfonamides is 1. The Morgan fingerprint density at radius 3 is 2.77 bits per heavy atom. The van der Waals surface area contributed by atoms with Crippen LogP contribution in [0.1, 0.15) is 31.4 Å². The molecule has 3 aromatic heterocycles. The summed E-state index contributed by atoms with van der Waals surface area (Å²) in [5.74, 6) is 0.600. The highest BCUT2D eigenvalue weighted by Crippen LogP contribution is 2.41. The average Bonchev–Trinajstić information content (AvgIpc) is 3.38. The SMILES string of the molecule is C[C@H](O)CNS(=O)(=O)c1ccc(-c2ccnc3[nH]c(C4CC4)cc23)cn1. The Labute approximate surface area is 151 Å². The molecule has 0 amide bonds. The van der Waals surface area contributed by atoms with Crippen LogP contribution in [0.15, 0.2) is 41.7 Å². The summed E-state index contributed by atoms with van der Waals surface area (Å²) in [6.45, 7) is 1.46. The Hall–Kier alpha value is -2.29. The van der Waals surface area contributed by atoms with Gasteiger partial charge in [0.2, 0.25) is 0 Å². The molecule has 1 aliphatic rings. The normalized spacial score (nSPS) is 16.1. The van der Waals surface area contributed by atoms with Crippen molar-refractivity contribution in [3.63, 3.8) is 0 Å². The van der Waals surface area contributed by atoms with Crippen LogP contribution in [0, 0.1) is 0 Å². The van der Waals surface area contributed by atoms with Crippen LogP contribution in [-0.4, -0.2) is 41.1 Å². The second-order valence-corrected chi connectivity index (χ2v) is 8.42. The molecule has 0 aromatic carbocycles. The van der Waals surface area contributed by atoms with Crippen LogP contribution in [0.4, 0.5) is 0 Å². The first-order chi connectivity index (χ1) is 12.4. The molecule has 1 saturated carbocycles. The van der Waals surface area contributed by atoms with E-state index in [0.29, 0.717) is 5.92 Å². The lowest BCUT2D eigenvalue weighted by atomic mass is 10.1. The lowest BCUT2D eigenvalue weighted by Crippen LogP contribution is -2.31. The number of pyridine rings is 2. The van der Waals surface area contributed by atoms with Crippen molar-refractivity contribution in [2.45, 2.75) is 36.8 Å². The first-order valence-electron chi connectivity index (χ1n) is 8.56. The number of hydrogen-bond acceptors (Lipinski definition) is 5. The molecule has 3 heterocycles. The number of nitrogens with one attached hydrogen (secondary N) is 2. The molecule has 4 rings (SSSR count). The van der Waals surface area contributed by atoms with Gasteiger partial charge in [0.25, 0.3) is 10.0 Å². The maximum Gasteiger partial charge on any atom is 0.258 e. The monoisotopic (exact) mass is 372 g/mol. The third kappa shape index (κ3) is 3.35. The smallest absolute Gasteiger partial charge is 0.258 e. The zero-order valence-electron chi connectivity index (χ0n) is 14.3. The molecule has 0 bridgehead atoms. The van der Waals surface area contributed by atoms with Gasteiger partial charge in [0.1, 0.15) is 5.65 Å². The topological polar surface area (TPSA) is 108 Å². The van der Waals surface area contributed by atoms with E-state index in [9.17, 15) is 13.5 Å². The van der Waals surface area contributed by atoms with Gasteiger partial charge in [0.15, 0.2) is 5.03 Å². The third-order valence-electron chi connectivity index (χ3n) is 4.46. The van der Waals surface area contributed by atoms with E-state index in [-0.39, 0.29) is 11.6 Å². The summed E-state index contributed by atoms with van der Waals surface area (Å²) in [7, 11) is -3.74. The zero-order valence-corrected chi connectivity index (χ0v) is 15.1. The van der Waals surface area contributed by atoms with E-state index in [1.165, 1.54) is 31.5 Å². The predicted octanol–water partition coefficient (Wildman–Crippen LogP) is 2.16. The number of rotatable bonds is 6. The van der Waals surface area contributed by atoms with Crippen molar-refractivity contribution in [3.8, 4) is 11.1 Å². The van der Waals surface area contributed by atoms with Gasteiger partial charge in [-0.3, -0.25) is 0 Å². The first-order valence-corrected chi connectivity index (χ1v) is 10.0. The fraction of sp³-hybridized carbons (Fsp3) is 0.333. The van der Waals surface area contributed by atoms with Gasteiger partial charge >= 0.3 is 0 Å². The Kier molecular flexibility index (Phi) is 4.26. The Morgan fingerprint density at radius 2 is 2.12 bits per heavy atom. The van der Waals surface area contributed by atoms with Crippen molar-refractivity contribution < 1.29 is 13.5 Å². The minimum absolute atomic E-state index is 0.0516. The number of fused-ring (bicyclic) bond motifs is 1. The highest BCUT2D eigenvalue weighted by molar-refractivity contribution is 7.89. The van der Waals surface area contributed by atoms with Crippen LogP contribution in [0.25, 0.3) is 22.2 Å². The molecule has 7 nitrogen and oxygen atoms in total. The molecule has 136 valence electrons. The van der Waals surface area contributed by atoms with Crippen molar-refractivity contribution in [3.05, 3.63) is 42.4 Å². The molecular formula is C18H20N4O3S. The molecule has 3 N–H and O–H groups in total. The molecular weight excluding hydrogens is 352 g/mol. The molecule has 1 fully saturated rings. The number of aromatic amines is 1. The zero-order chi connectivity index (χ0) is 18.3. The van der Waals surface area contributed by atoms with Gasteiger partial charge < -0.3 is 10.1 Å². The van der Waals surface area contributed by atoms with E-state index in [1.807, 2.05) is 6.07 Å². The van der Waals surface area contributed by atoms with Gasteiger partial charge in [0, 0.05) is 35.6 Å². The minimum Gasteiger partial charge on any atom is -0.392 e. The van der Waals surface area contributed by atoms with Crippen molar-refractivity contribution in [2.75, 3.05) is 6.54 Å². The maximum absolute atomic E-state index is 12.2. The van der Waals surface area contributed by atoms with Crippen LogP contribution in [-0.2, 0) is 10.0 Å². The highest BCUT2D eigenvalue weighted by atomic mass is 32.2. The first kappa shape index (κ1) is 17.1. The van der Waals surface area contributed by atoms with E-state index in [0.717, 1.165) is 22.2 Å². The molecule has 3 aromatic rings. The summed E-state index contributed by atoms with van der Waals surface area (Å²) in [5, 5.41) is 10.2. The van der Waals surface area contributed by atoms with Crippen LogP contribution >= 0.6 is 0 Å². The maximum atomic E-state index is 12.2. The van der Waals surface area contributed by atoms with Crippen LogP contribution < -0.4 is 4.72 Å². The number of aliphatic hydroxyl groups is 1. The van der Waals surface area contributed by atoms with Crippen molar-refractivity contribution in [2.24, 2.45) is 0 Å². The fourth-order valence-corrected chi connectivity index (χ4v) is 3.96. The summed E-state index contributed by atoms with van der Waals surface area (Å²) in [6, 6.07) is 7.25. The van der Waals surface area contributed by atoms with Gasteiger partial charge in [-0.05, 0) is 55.5 Å². The summed E-state index contributed by atoms with van der Waals surface area (Å²) < 4.78 is 26.7. The second-order valence-electron chi connectivity index (χ2n) is 6.71. The van der Waals surface area contributed by atoms with Crippen LogP contribution in [0.2, 0.25) is 0 Å². The number of hydrogen-bond donors (Lipinski definition) is 3. The van der Waals surface area contributed by atoms with E-state index < -0.39 is 16.1 Å². The number of aliphatic hydroxyl groups excluding tert-OH is 1. The summed E-state index contributed by atoms with van der Waals surface area (Å²) in [6.07, 6.45) is 4.93. The Bertz CT molecular complexity index is 1040. The van der Waals surface area contributed by atoms with Crippen molar-refractivity contribution in [1.82, 2.24) is 19.7 Å². The predicted molar refractivity (Wildman–Crippen MR) is 98.2 cm³/mol. The van der Waals surface area contributed by atoms with Gasteiger partial charge in [-0.1, -0.05) is 0 Å². The number of nitrogens with zero attached hydrogens (tertiary/aromatic N) is 2. The standard InChI is InChI=1S/C18H20N4O3S/c1-11(23)9-21-26(24,25)17-5-4-13(10-20-17)14-6-7-19-18-15(14)8-16(22-18)12-2-3-12/h4-8,10-12,21,23H,2-3,9H2,1H3,(H,19,22)/t11-/m0/s1. The lowest BCUT2D eigenvalue weighted by Gasteiger charge is -2.08. The van der Waals surface area contributed by atoms with Gasteiger partial charge in [-0.2, -0.15) is 0 Å². The van der Waals surface area contributed by atoms with Gasteiger partial charge in [-0.25, -0.2) is 23.1 Å². The second kappa shape index (κ2) is 6.46. The van der Waals surface area contributed by atoms with Gasteiger partial charge in [0.05, 0.1) is 6.10 Å². The fourth-order valence-electron chi connectivity index (χ4n) is 2.92. The Morgan fingerprint density at radius 1 is 1.31 bits per heavy atom. The van der Waals surface area contributed by atoms with E-state index >= 15 is 0 Å². The quantitative estimate of drug-likeness (QED) is 0.614. The molecule has 1 aliphatic carbocycles. The van der Waals surface area contributed by atoms with Crippen molar-refractivity contribution in [1.29, 1.82) is 0 Å². The molecule has 0 spiro atoms. The van der Waals surface area contributed by atoms with Gasteiger partial charge in [-0.15, -0.1) is 0 Å². The summed E-state index contributed by atoms with van der Waals surface area (Å²) >= 11 is 0. The van der Waals surface area contributed by atoms with Crippen LogP contribution in [0.3, 0.4) is 0 Å². The molecule has 0 radical (unpaired) electrons. The highest BCUT2D eigenvalue weighted by Gasteiger charge is 2.26. The molecule has 26 heavy (non-hydrogen) atoms. The minimum atomic E-state index is -3.74. The molecule has 0 unspecified atom stereocenters.